The molecule has 2 aromatic carbocycles. The van der Waals surface area contributed by atoms with Gasteiger partial charge in [-0.25, -0.2) is 13.9 Å². The van der Waals surface area contributed by atoms with Crippen LogP contribution in [0.1, 0.15) is 5.56 Å². The molecule has 0 aliphatic heterocycles. The summed E-state index contributed by atoms with van der Waals surface area (Å²) in [5, 5.41) is 9.79. The maximum absolute atomic E-state index is 12.8. The van der Waals surface area contributed by atoms with Crippen molar-refractivity contribution < 1.29 is 9.18 Å². The van der Waals surface area contributed by atoms with Crippen LogP contribution in [0.15, 0.2) is 67.0 Å². The molecule has 1 aromatic heterocycles. The highest BCUT2D eigenvalue weighted by molar-refractivity contribution is 5.91. The summed E-state index contributed by atoms with van der Waals surface area (Å²) in [6.45, 7) is 0.460. The first kappa shape index (κ1) is 15.7. The van der Waals surface area contributed by atoms with Crippen LogP contribution in [0.5, 0.6) is 0 Å². The van der Waals surface area contributed by atoms with Gasteiger partial charge in [-0.05, 0) is 42.3 Å². The van der Waals surface area contributed by atoms with Gasteiger partial charge in [0.25, 0.3) is 0 Å². The van der Waals surface area contributed by atoms with Crippen LogP contribution in [-0.2, 0) is 6.42 Å². The number of carbonyl (C=O) groups is 1. The molecular weight excluding hydrogens is 307 g/mol. The van der Waals surface area contributed by atoms with Gasteiger partial charge in [0.1, 0.15) is 5.82 Å². The number of carbonyl (C=O) groups excluding carboxylic acids is 1. The number of nitrogens with one attached hydrogen (secondary N) is 2. The molecule has 6 heteroatoms. The molecule has 3 rings (SSSR count). The number of benzene rings is 2. The van der Waals surface area contributed by atoms with Crippen molar-refractivity contribution in [3.05, 3.63) is 78.4 Å². The van der Waals surface area contributed by atoms with Gasteiger partial charge in [0.15, 0.2) is 0 Å². The molecule has 2 amide bonds. The normalized spacial score (nSPS) is 10.4. The Hall–Kier alpha value is -3.15. The fourth-order valence-corrected chi connectivity index (χ4v) is 2.33. The van der Waals surface area contributed by atoms with E-state index < -0.39 is 0 Å². The summed E-state index contributed by atoms with van der Waals surface area (Å²) in [7, 11) is 0. The molecule has 0 saturated heterocycles. The molecule has 122 valence electrons. The van der Waals surface area contributed by atoms with Gasteiger partial charge in [-0.2, -0.15) is 5.10 Å². The van der Waals surface area contributed by atoms with Crippen molar-refractivity contribution in [3.63, 3.8) is 0 Å². The summed E-state index contributed by atoms with van der Waals surface area (Å²) in [5.41, 5.74) is 2.42. The van der Waals surface area contributed by atoms with Crippen LogP contribution in [0.4, 0.5) is 14.9 Å². The average molecular weight is 324 g/mol. The van der Waals surface area contributed by atoms with Crippen LogP contribution in [0.3, 0.4) is 0 Å². The Morgan fingerprint density at radius 3 is 2.62 bits per heavy atom. The molecule has 0 atom stereocenters. The summed E-state index contributed by atoms with van der Waals surface area (Å²) in [6.07, 6.45) is 4.13. The van der Waals surface area contributed by atoms with E-state index in [4.69, 9.17) is 0 Å². The molecule has 24 heavy (non-hydrogen) atoms. The predicted molar refractivity (Wildman–Crippen MR) is 90.7 cm³/mol. The maximum Gasteiger partial charge on any atom is 0.319 e. The first-order chi connectivity index (χ1) is 11.7. The third-order valence-corrected chi connectivity index (χ3v) is 3.52. The predicted octanol–water partition coefficient (Wildman–Crippen LogP) is 3.38. The Bertz CT molecular complexity index is 800. The van der Waals surface area contributed by atoms with E-state index in [-0.39, 0.29) is 11.8 Å². The third kappa shape index (κ3) is 3.98. The lowest BCUT2D eigenvalue weighted by molar-refractivity contribution is 0.252. The summed E-state index contributed by atoms with van der Waals surface area (Å²) in [4.78, 5) is 12.1. The van der Waals surface area contributed by atoms with Crippen LogP contribution < -0.4 is 10.6 Å². The molecule has 1 heterocycles. The fraction of sp³-hybridized carbons (Fsp3) is 0.111. The summed E-state index contributed by atoms with van der Waals surface area (Å²) in [6, 6.07) is 15.2. The standard InChI is InChI=1S/C18H17FN4O/c19-15-8-6-14(7-9-15)10-12-20-18(24)22-16-4-1-2-5-17(16)23-13-3-11-21-23/h1-9,11,13H,10,12H2,(H2,20,22,24). The molecule has 0 spiro atoms. The Morgan fingerprint density at radius 1 is 1.08 bits per heavy atom. The minimum atomic E-state index is -0.295. The second-order valence-electron chi connectivity index (χ2n) is 5.23. The zero-order valence-electron chi connectivity index (χ0n) is 12.9. The van der Waals surface area contributed by atoms with Gasteiger partial charge >= 0.3 is 6.03 Å². The molecule has 0 radical (unpaired) electrons. The van der Waals surface area contributed by atoms with E-state index in [2.05, 4.69) is 15.7 Å². The molecular formula is C18H17FN4O. The molecule has 0 bridgehead atoms. The van der Waals surface area contributed by atoms with Gasteiger partial charge in [-0.3, -0.25) is 0 Å². The second kappa shape index (κ2) is 7.41. The van der Waals surface area contributed by atoms with Crippen molar-refractivity contribution in [2.45, 2.75) is 6.42 Å². The van der Waals surface area contributed by atoms with Crippen LogP contribution in [0, 0.1) is 5.82 Å². The average Bonchev–Trinajstić information content (AvgIpc) is 3.11. The Labute approximate surface area is 139 Å². The van der Waals surface area contributed by atoms with Gasteiger partial charge in [0.05, 0.1) is 11.4 Å². The zero-order chi connectivity index (χ0) is 16.8. The van der Waals surface area contributed by atoms with E-state index in [9.17, 15) is 9.18 Å². The molecule has 0 unspecified atom stereocenters. The summed E-state index contributed by atoms with van der Waals surface area (Å²) in [5.74, 6) is -0.264. The Kier molecular flexibility index (Phi) is 4.86. The smallest absolute Gasteiger partial charge is 0.319 e. The monoisotopic (exact) mass is 324 g/mol. The lowest BCUT2D eigenvalue weighted by Crippen LogP contribution is -2.30. The number of para-hydroxylation sites is 2. The van der Waals surface area contributed by atoms with Crippen molar-refractivity contribution >= 4 is 11.7 Å². The molecule has 0 aliphatic rings. The van der Waals surface area contributed by atoms with Gasteiger partial charge in [-0.1, -0.05) is 24.3 Å². The van der Waals surface area contributed by atoms with Crippen LogP contribution >= 0.6 is 0 Å². The number of nitrogens with zero attached hydrogens (tertiary/aromatic N) is 2. The van der Waals surface area contributed by atoms with E-state index in [1.54, 1.807) is 23.0 Å². The minimum absolute atomic E-state index is 0.264. The van der Waals surface area contributed by atoms with Gasteiger partial charge in [0.2, 0.25) is 0 Å². The van der Waals surface area contributed by atoms with E-state index in [1.165, 1.54) is 12.1 Å². The zero-order valence-corrected chi connectivity index (χ0v) is 12.9. The Morgan fingerprint density at radius 2 is 1.88 bits per heavy atom. The highest BCUT2D eigenvalue weighted by atomic mass is 19.1. The van der Waals surface area contributed by atoms with Crippen LogP contribution in [-0.4, -0.2) is 22.4 Å². The molecule has 0 saturated carbocycles. The van der Waals surface area contributed by atoms with Crippen molar-refractivity contribution in [2.75, 3.05) is 11.9 Å². The van der Waals surface area contributed by atoms with E-state index in [0.29, 0.717) is 18.7 Å². The number of amides is 2. The number of hydrogen-bond donors (Lipinski definition) is 2. The van der Waals surface area contributed by atoms with Crippen LogP contribution in [0.25, 0.3) is 5.69 Å². The van der Waals surface area contributed by atoms with Crippen molar-refractivity contribution in [1.29, 1.82) is 0 Å². The topological polar surface area (TPSA) is 59.0 Å². The SMILES string of the molecule is O=C(NCCc1ccc(F)cc1)Nc1ccccc1-n1cccn1. The quantitative estimate of drug-likeness (QED) is 0.756. The van der Waals surface area contributed by atoms with Gasteiger partial charge in [0, 0.05) is 18.9 Å². The first-order valence-corrected chi connectivity index (χ1v) is 7.61. The molecule has 3 aromatic rings. The van der Waals surface area contributed by atoms with Gasteiger partial charge < -0.3 is 10.6 Å². The number of aromatic nitrogens is 2. The number of halogens is 1. The van der Waals surface area contributed by atoms with Gasteiger partial charge in [-0.15, -0.1) is 0 Å². The first-order valence-electron chi connectivity index (χ1n) is 7.61. The van der Waals surface area contributed by atoms with E-state index >= 15 is 0 Å². The summed E-state index contributed by atoms with van der Waals surface area (Å²) >= 11 is 0. The highest BCUT2D eigenvalue weighted by Gasteiger charge is 2.07. The number of anilines is 1. The molecule has 0 aliphatic carbocycles. The minimum Gasteiger partial charge on any atom is -0.338 e. The number of hydrogen-bond acceptors (Lipinski definition) is 2. The summed E-state index contributed by atoms with van der Waals surface area (Å²) < 4.78 is 14.5. The highest BCUT2D eigenvalue weighted by Crippen LogP contribution is 2.18. The van der Waals surface area contributed by atoms with Crippen molar-refractivity contribution in [3.8, 4) is 5.69 Å². The van der Waals surface area contributed by atoms with Crippen molar-refractivity contribution in [1.82, 2.24) is 15.1 Å². The van der Waals surface area contributed by atoms with Crippen LogP contribution in [0.2, 0.25) is 0 Å². The molecule has 2 N–H and O–H groups in total. The molecule has 0 fully saturated rings. The van der Waals surface area contributed by atoms with Crippen molar-refractivity contribution in [2.24, 2.45) is 0 Å². The fourth-order valence-electron chi connectivity index (χ4n) is 2.33. The number of urea groups is 1. The van der Waals surface area contributed by atoms with E-state index in [1.807, 2.05) is 36.5 Å². The maximum atomic E-state index is 12.8. The third-order valence-electron chi connectivity index (χ3n) is 3.52. The largest absolute Gasteiger partial charge is 0.338 e. The lowest BCUT2D eigenvalue weighted by Gasteiger charge is -2.12. The number of rotatable bonds is 5. The lowest BCUT2D eigenvalue weighted by atomic mass is 10.1. The van der Waals surface area contributed by atoms with E-state index in [0.717, 1.165) is 11.3 Å². The second-order valence-corrected chi connectivity index (χ2v) is 5.23. The Balaban J connectivity index is 1.57. The molecule has 5 nitrogen and oxygen atoms in total.